The van der Waals surface area contributed by atoms with E-state index in [1.54, 1.807) is 12.1 Å². The highest BCUT2D eigenvalue weighted by atomic mass is 35.5. The summed E-state index contributed by atoms with van der Waals surface area (Å²) < 4.78 is 11.3. The third kappa shape index (κ3) is 5.03. The Balaban J connectivity index is 1.68. The van der Waals surface area contributed by atoms with Gasteiger partial charge in [0.05, 0.1) is 4.92 Å². The minimum atomic E-state index is -0.621. The summed E-state index contributed by atoms with van der Waals surface area (Å²) >= 11 is 5.78. The van der Waals surface area contributed by atoms with Gasteiger partial charge in [0.1, 0.15) is 23.8 Å². The van der Waals surface area contributed by atoms with Crippen molar-refractivity contribution in [3.8, 4) is 5.75 Å². The topological polar surface area (TPSA) is 94.6 Å². The molecule has 148 valence electrons. The van der Waals surface area contributed by atoms with Crippen molar-refractivity contribution in [2.45, 2.75) is 13.0 Å². The molecule has 0 aliphatic rings. The van der Waals surface area contributed by atoms with Crippen molar-refractivity contribution in [2.75, 3.05) is 5.32 Å². The minimum absolute atomic E-state index is 0.00669. The number of nitrogens with zero attached hydrogens (tertiary/aromatic N) is 1. The Hall–Kier alpha value is -3.58. The molecule has 0 spiro atoms. The number of furan rings is 1. The van der Waals surface area contributed by atoms with E-state index in [4.69, 9.17) is 20.8 Å². The monoisotopic (exact) mass is 412 g/mol. The quantitative estimate of drug-likeness (QED) is 0.303. The Kier molecular flexibility index (Phi) is 6.31. The van der Waals surface area contributed by atoms with Crippen LogP contribution in [0.1, 0.15) is 21.9 Å². The van der Waals surface area contributed by atoms with E-state index in [2.05, 4.69) is 11.9 Å². The number of carbonyl (C=O) groups is 1. The third-order valence-electron chi connectivity index (χ3n) is 4.00. The molecular weight excluding hydrogens is 396 g/mol. The van der Waals surface area contributed by atoms with Gasteiger partial charge in [-0.15, -0.1) is 6.58 Å². The van der Waals surface area contributed by atoms with Gasteiger partial charge >= 0.3 is 0 Å². The number of benzene rings is 2. The Morgan fingerprint density at radius 2 is 2.03 bits per heavy atom. The average molecular weight is 413 g/mol. The van der Waals surface area contributed by atoms with Crippen LogP contribution in [0.4, 0.5) is 11.4 Å². The highest BCUT2D eigenvalue weighted by molar-refractivity contribution is 6.31. The second-order valence-corrected chi connectivity index (χ2v) is 6.46. The first-order valence-corrected chi connectivity index (χ1v) is 9.01. The molecule has 7 nitrogen and oxygen atoms in total. The molecule has 0 atom stereocenters. The molecule has 0 unspecified atom stereocenters. The number of nitro benzene ring substituents is 1. The predicted octanol–water partition coefficient (Wildman–Crippen LogP) is 5.40. The van der Waals surface area contributed by atoms with Gasteiger partial charge < -0.3 is 14.5 Å². The summed E-state index contributed by atoms with van der Waals surface area (Å²) in [6, 6.07) is 14.6. The van der Waals surface area contributed by atoms with Crippen LogP contribution >= 0.6 is 11.6 Å². The SMILES string of the molecule is C=CCc1ccccc1OCc1ccc(C(=O)Nc2ccc(Cl)cc2[N+](=O)[O-])o1. The van der Waals surface area contributed by atoms with E-state index in [1.165, 1.54) is 24.3 Å². The molecular formula is C21H17ClN2O5. The second-order valence-electron chi connectivity index (χ2n) is 6.03. The fourth-order valence-electron chi connectivity index (χ4n) is 2.64. The molecule has 3 rings (SSSR count). The van der Waals surface area contributed by atoms with Gasteiger partial charge in [0.25, 0.3) is 11.6 Å². The molecule has 1 N–H and O–H groups in total. The first kappa shape index (κ1) is 20.2. The van der Waals surface area contributed by atoms with Crippen LogP contribution in [0, 0.1) is 10.1 Å². The van der Waals surface area contributed by atoms with Gasteiger partial charge in [-0.2, -0.15) is 0 Å². The number of amides is 1. The van der Waals surface area contributed by atoms with Crippen molar-refractivity contribution in [3.63, 3.8) is 0 Å². The van der Waals surface area contributed by atoms with Gasteiger partial charge in [0.2, 0.25) is 0 Å². The number of halogens is 1. The average Bonchev–Trinajstić information content (AvgIpc) is 3.18. The van der Waals surface area contributed by atoms with Crippen molar-refractivity contribution in [3.05, 3.63) is 99.5 Å². The number of nitrogens with one attached hydrogen (secondary N) is 1. The Labute approximate surface area is 171 Å². The van der Waals surface area contributed by atoms with Gasteiger partial charge in [-0.25, -0.2) is 0 Å². The summed E-state index contributed by atoms with van der Waals surface area (Å²) in [5.41, 5.74) is 0.707. The molecule has 1 amide bonds. The molecule has 0 saturated heterocycles. The number of carbonyl (C=O) groups excluding carboxylic acids is 1. The molecule has 0 saturated carbocycles. The van der Waals surface area contributed by atoms with Crippen molar-refractivity contribution >= 4 is 28.9 Å². The number of para-hydroxylation sites is 1. The van der Waals surface area contributed by atoms with E-state index in [0.717, 1.165) is 5.56 Å². The molecule has 8 heteroatoms. The number of ether oxygens (including phenoxy) is 1. The third-order valence-corrected chi connectivity index (χ3v) is 4.23. The lowest BCUT2D eigenvalue weighted by Gasteiger charge is -2.09. The molecule has 2 aromatic carbocycles. The molecule has 1 aromatic heterocycles. The van der Waals surface area contributed by atoms with Gasteiger partial charge in [-0.3, -0.25) is 14.9 Å². The van der Waals surface area contributed by atoms with Crippen molar-refractivity contribution in [1.82, 2.24) is 0 Å². The molecule has 0 bridgehead atoms. The zero-order valence-corrected chi connectivity index (χ0v) is 16.0. The van der Waals surface area contributed by atoms with Gasteiger partial charge in [-0.1, -0.05) is 35.9 Å². The largest absolute Gasteiger partial charge is 0.485 e. The lowest BCUT2D eigenvalue weighted by atomic mass is 10.1. The number of anilines is 1. The van der Waals surface area contributed by atoms with Crippen molar-refractivity contribution in [2.24, 2.45) is 0 Å². The number of nitro groups is 1. The molecule has 0 aliphatic heterocycles. The van der Waals surface area contributed by atoms with Crippen LogP contribution < -0.4 is 10.1 Å². The standard InChI is InChI=1S/C21H17ClN2O5/c1-2-5-14-6-3-4-7-19(14)28-13-16-9-11-20(29-16)21(25)23-17-10-8-15(22)12-18(17)24(26)27/h2-4,6-12H,1,5,13H2,(H,23,25). The van der Waals surface area contributed by atoms with E-state index in [0.29, 0.717) is 17.9 Å². The van der Waals surface area contributed by atoms with E-state index >= 15 is 0 Å². The summed E-state index contributed by atoms with van der Waals surface area (Å²) in [5, 5.41) is 13.8. The lowest BCUT2D eigenvalue weighted by molar-refractivity contribution is -0.383. The lowest BCUT2D eigenvalue weighted by Crippen LogP contribution is -2.12. The van der Waals surface area contributed by atoms with Crippen LogP contribution in [-0.4, -0.2) is 10.8 Å². The van der Waals surface area contributed by atoms with Crippen LogP contribution in [0.2, 0.25) is 5.02 Å². The Morgan fingerprint density at radius 3 is 2.79 bits per heavy atom. The van der Waals surface area contributed by atoms with Crippen LogP contribution in [0.3, 0.4) is 0 Å². The van der Waals surface area contributed by atoms with Crippen LogP contribution in [0.5, 0.6) is 5.75 Å². The maximum absolute atomic E-state index is 12.4. The summed E-state index contributed by atoms with van der Waals surface area (Å²) in [6.45, 7) is 3.85. The molecule has 1 heterocycles. The highest BCUT2D eigenvalue weighted by Crippen LogP contribution is 2.28. The molecule has 0 aliphatic carbocycles. The van der Waals surface area contributed by atoms with E-state index in [1.807, 2.05) is 24.3 Å². The number of rotatable bonds is 8. The molecule has 0 radical (unpaired) electrons. The van der Waals surface area contributed by atoms with Crippen LogP contribution in [0.15, 0.2) is 71.7 Å². The van der Waals surface area contributed by atoms with Crippen LogP contribution in [0.25, 0.3) is 0 Å². The minimum Gasteiger partial charge on any atom is -0.485 e. The van der Waals surface area contributed by atoms with E-state index in [9.17, 15) is 14.9 Å². The number of hydrogen-bond acceptors (Lipinski definition) is 5. The fraction of sp³-hybridized carbons (Fsp3) is 0.0952. The van der Waals surface area contributed by atoms with Crippen molar-refractivity contribution < 1.29 is 18.9 Å². The fourth-order valence-corrected chi connectivity index (χ4v) is 2.81. The maximum Gasteiger partial charge on any atom is 0.294 e. The van der Waals surface area contributed by atoms with Gasteiger partial charge in [-0.05, 0) is 42.3 Å². The highest BCUT2D eigenvalue weighted by Gasteiger charge is 2.19. The van der Waals surface area contributed by atoms with Crippen LogP contribution in [-0.2, 0) is 13.0 Å². The summed E-state index contributed by atoms with van der Waals surface area (Å²) in [4.78, 5) is 22.9. The van der Waals surface area contributed by atoms with E-state index < -0.39 is 10.8 Å². The maximum atomic E-state index is 12.4. The number of allylic oxidation sites excluding steroid dienone is 1. The summed E-state index contributed by atoms with van der Waals surface area (Å²) in [7, 11) is 0. The first-order chi connectivity index (χ1) is 14.0. The smallest absolute Gasteiger partial charge is 0.294 e. The number of hydrogen-bond donors (Lipinski definition) is 1. The zero-order chi connectivity index (χ0) is 20.8. The molecule has 3 aromatic rings. The summed E-state index contributed by atoms with van der Waals surface area (Å²) in [5.74, 6) is 0.529. The van der Waals surface area contributed by atoms with Gasteiger partial charge in [0.15, 0.2) is 5.76 Å². The Bertz CT molecular complexity index is 1060. The second kappa shape index (κ2) is 9.07. The summed E-state index contributed by atoms with van der Waals surface area (Å²) in [6.07, 6.45) is 2.45. The van der Waals surface area contributed by atoms with E-state index in [-0.39, 0.29) is 28.8 Å². The Morgan fingerprint density at radius 1 is 1.24 bits per heavy atom. The van der Waals surface area contributed by atoms with Crippen molar-refractivity contribution in [1.29, 1.82) is 0 Å². The normalized spacial score (nSPS) is 10.4. The predicted molar refractivity (Wildman–Crippen MR) is 109 cm³/mol. The molecule has 29 heavy (non-hydrogen) atoms. The molecule has 0 fully saturated rings. The zero-order valence-electron chi connectivity index (χ0n) is 15.3. The first-order valence-electron chi connectivity index (χ1n) is 8.63. The van der Waals surface area contributed by atoms with Gasteiger partial charge in [0, 0.05) is 11.1 Å².